The Morgan fingerprint density at radius 2 is 2.22 bits per heavy atom. The molecule has 1 aliphatic rings. The van der Waals surface area contributed by atoms with Crippen LogP contribution >= 0.6 is 0 Å². The molecule has 6 heteroatoms. The van der Waals surface area contributed by atoms with E-state index in [1.165, 1.54) is 18.2 Å². The van der Waals surface area contributed by atoms with E-state index >= 15 is 0 Å². The Labute approximate surface area is 135 Å². The first-order chi connectivity index (χ1) is 11.2. The zero-order chi connectivity index (χ0) is 16.2. The summed E-state index contributed by atoms with van der Waals surface area (Å²) < 4.78 is 4.78. The molecule has 2 aromatic rings. The van der Waals surface area contributed by atoms with Gasteiger partial charge in [-0.25, -0.2) is 9.78 Å². The zero-order valence-corrected chi connectivity index (χ0v) is 13.4. The summed E-state index contributed by atoms with van der Waals surface area (Å²) in [6.07, 6.45) is 2.65. The molecule has 0 aliphatic carbocycles. The van der Waals surface area contributed by atoms with Crippen LogP contribution in [0.1, 0.15) is 28.4 Å². The monoisotopic (exact) mass is 312 g/mol. The molecule has 0 unspecified atom stereocenters. The Morgan fingerprint density at radius 1 is 1.35 bits per heavy atom. The maximum Gasteiger partial charge on any atom is 0.337 e. The van der Waals surface area contributed by atoms with Gasteiger partial charge in [0.1, 0.15) is 5.82 Å². The lowest BCUT2D eigenvalue weighted by molar-refractivity contribution is 0.0600. The number of aromatic nitrogens is 2. The fraction of sp³-hybridized carbons (Fsp3) is 0.353. The van der Waals surface area contributed by atoms with Crippen molar-refractivity contribution in [1.82, 2.24) is 9.97 Å². The van der Waals surface area contributed by atoms with Gasteiger partial charge in [0, 0.05) is 25.8 Å². The molecule has 0 fully saturated rings. The first kappa shape index (κ1) is 15.3. The van der Waals surface area contributed by atoms with Crippen LogP contribution in [0.25, 0.3) is 0 Å². The number of benzene rings is 1. The van der Waals surface area contributed by atoms with Crippen LogP contribution in [0.4, 0.5) is 11.8 Å². The van der Waals surface area contributed by atoms with Crippen LogP contribution in [0.15, 0.2) is 30.5 Å². The predicted molar refractivity (Wildman–Crippen MR) is 88.7 cm³/mol. The molecule has 1 aromatic carbocycles. The van der Waals surface area contributed by atoms with Crippen molar-refractivity contribution in [2.45, 2.75) is 19.9 Å². The van der Waals surface area contributed by atoms with Crippen LogP contribution < -0.4 is 10.2 Å². The van der Waals surface area contributed by atoms with E-state index in [0.717, 1.165) is 31.9 Å². The number of ether oxygens (including phenoxy) is 1. The van der Waals surface area contributed by atoms with E-state index in [1.54, 1.807) is 6.20 Å². The van der Waals surface area contributed by atoms with Crippen LogP contribution in [0, 0.1) is 0 Å². The van der Waals surface area contributed by atoms with Gasteiger partial charge in [-0.3, -0.25) is 0 Å². The van der Waals surface area contributed by atoms with Crippen molar-refractivity contribution in [3.63, 3.8) is 0 Å². The summed E-state index contributed by atoms with van der Waals surface area (Å²) >= 11 is 0. The quantitative estimate of drug-likeness (QED) is 0.874. The summed E-state index contributed by atoms with van der Waals surface area (Å²) in [5.41, 5.74) is 3.02. The van der Waals surface area contributed by atoms with Crippen molar-refractivity contribution < 1.29 is 9.53 Å². The lowest BCUT2D eigenvalue weighted by atomic mass is 9.97. The van der Waals surface area contributed by atoms with Gasteiger partial charge in [0.25, 0.3) is 0 Å². The van der Waals surface area contributed by atoms with Crippen LogP contribution in [0.3, 0.4) is 0 Å². The molecule has 1 N–H and O–H groups in total. The third-order valence-electron chi connectivity index (χ3n) is 3.94. The average molecular weight is 312 g/mol. The lowest BCUT2D eigenvalue weighted by Gasteiger charge is -2.30. The number of methoxy groups -OCH3 is 1. The fourth-order valence-electron chi connectivity index (χ4n) is 2.76. The topological polar surface area (TPSA) is 67.4 Å². The molecule has 2 heterocycles. The summed E-state index contributed by atoms with van der Waals surface area (Å²) in [4.78, 5) is 22.6. The smallest absolute Gasteiger partial charge is 0.337 e. The molecule has 0 bridgehead atoms. The molecule has 3 rings (SSSR count). The Morgan fingerprint density at radius 3 is 3.00 bits per heavy atom. The van der Waals surface area contributed by atoms with Gasteiger partial charge < -0.3 is 15.0 Å². The highest BCUT2D eigenvalue weighted by molar-refractivity contribution is 5.89. The number of fused-ring (bicyclic) bond motifs is 1. The normalized spacial score (nSPS) is 13.4. The summed E-state index contributed by atoms with van der Waals surface area (Å²) in [5, 5.41) is 3.13. The lowest BCUT2D eigenvalue weighted by Crippen LogP contribution is -2.31. The molecular weight excluding hydrogens is 292 g/mol. The van der Waals surface area contributed by atoms with Crippen LogP contribution in [-0.2, 0) is 17.7 Å². The van der Waals surface area contributed by atoms with E-state index in [-0.39, 0.29) is 5.97 Å². The first-order valence-corrected chi connectivity index (χ1v) is 7.73. The number of hydrogen-bond acceptors (Lipinski definition) is 6. The molecule has 0 atom stereocenters. The number of carbonyl (C=O) groups is 1. The first-order valence-electron chi connectivity index (χ1n) is 7.73. The number of nitrogens with zero attached hydrogens (tertiary/aromatic N) is 3. The molecule has 23 heavy (non-hydrogen) atoms. The van der Waals surface area contributed by atoms with Gasteiger partial charge in [-0.15, -0.1) is 0 Å². The summed E-state index contributed by atoms with van der Waals surface area (Å²) in [5.74, 6) is 1.27. The van der Waals surface area contributed by atoms with Crippen molar-refractivity contribution in [2.24, 2.45) is 0 Å². The van der Waals surface area contributed by atoms with Crippen molar-refractivity contribution in [2.75, 3.05) is 30.4 Å². The molecule has 6 nitrogen and oxygen atoms in total. The molecule has 0 amide bonds. The van der Waals surface area contributed by atoms with Crippen LogP contribution in [0.5, 0.6) is 0 Å². The molecule has 0 saturated carbocycles. The number of nitrogens with one attached hydrogen (secondary N) is 1. The summed E-state index contributed by atoms with van der Waals surface area (Å²) in [6.45, 7) is 4.45. The predicted octanol–water partition coefficient (Wildman–Crippen LogP) is 2.26. The van der Waals surface area contributed by atoms with Crippen molar-refractivity contribution in [3.05, 3.63) is 47.2 Å². The Balaban J connectivity index is 1.80. The minimum atomic E-state index is -0.290. The van der Waals surface area contributed by atoms with E-state index in [1.807, 2.05) is 31.2 Å². The molecule has 1 aliphatic heterocycles. The molecule has 0 radical (unpaired) electrons. The number of anilines is 2. The summed E-state index contributed by atoms with van der Waals surface area (Å²) in [6, 6.07) is 7.68. The second-order valence-corrected chi connectivity index (χ2v) is 5.42. The molecule has 0 spiro atoms. The van der Waals surface area contributed by atoms with Gasteiger partial charge in [-0.05, 0) is 42.7 Å². The van der Waals surface area contributed by atoms with E-state index in [0.29, 0.717) is 11.5 Å². The van der Waals surface area contributed by atoms with Crippen LogP contribution in [0.2, 0.25) is 0 Å². The van der Waals surface area contributed by atoms with Gasteiger partial charge in [0.05, 0.1) is 12.7 Å². The molecule has 1 aromatic heterocycles. The Kier molecular flexibility index (Phi) is 4.41. The highest BCUT2D eigenvalue weighted by Crippen LogP contribution is 2.24. The van der Waals surface area contributed by atoms with Crippen molar-refractivity contribution in [3.8, 4) is 0 Å². The maximum atomic E-state index is 11.6. The highest BCUT2D eigenvalue weighted by atomic mass is 16.5. The highest BCUT2D eigenvalue weighted by Gasteiger charge is 2.19. The zero-order valence-electron chi connectivity index (χ0n) is 13.4. The molecule has 120 valence electrons. The van der Waals surface area contributed by atoms with Gasteiger partial charge in [0.2, 0.25) is 5.95 Å². The second kappa shape index (κ2) is 6.64. The number of esters is 1. The maximum absolute atomic E-state index is 11.6. The van der Waals surface area contributed by atoms with E-state index in [4.69, 9.17) is 4.74 Å². The third kappa shape index (κ3) is 3.26. The SMILES string of the molecule is CCNc1nccc(N2CCc3cc(C(=O)OC)ccc3C2)n1. The molecule has 0 saturated heterocycles. The van der Waals surface area contributed by atoms with Crippen molar-refractivity contribution >= 4 is 17.7 Å². The Hall–Kier alpha value is -2.63. The molecular formula is C17H20N4O2. The summed E-state index contributed by atoms with van der Waals surface area (Å²) in [7, 11) is 1.40. The third-order valence-corrected chi connectivity index (χ3v) is 3.94. The number of hydrogen-bond donors (Lipinski definition) is 1. The van der Waals surface area contributed by atoms with Crippen molar-refractivity contribution in [1.29, 1.82) is 0 Å². The van der Waals surface area contributed by atoms with Gasteiger partial charge >= 0.3 is 5.97 Å². The fourth-order valence-corrected chi connectivity index (χ4v) is 2.76. The van der Waals surface area contributed by atoms with Crippen LogP contribution in [-0.4, -0.2) is 36.1 Å². The Bertz CT molecular complexity index is 717. The van der Waals surface area contributed by atoms with Gasteiger partial charge in [-0.2, -0.15) is 4.98 Å². The average Bonchev–Trinajstić information content (AvgIpc) is 2.60. The van der Waals surface area contributed by atoms with Gasteiger partial charge in [0.15, 0.2) is 0 Å². The van der Waals surface area contributed by atoms with Gasteiger partial charge in [-0.1, -0.05) is 6.07 Å². The second-order valence-electron chi connectivity index (χ2n) is 5.42. The minimum Gasteiger partial charge on any atom is -0.465 e. The standard InChI is InChI=1S/C17H20N4O2/c1-3-18-17-19-8-6-15(20-17)21-9-7-12-10-13(16(22)23-2)4-5-14(12)11-21/h4-6,8,10H,3,7,9,11H2,1-2H3,(H,18,19,20). The number of carbonyl (C=O) groups excluding carboxylic acids is 1. The largest absolute Gasteiger partial charge is 0.465 e. The number of rotatable bonds is 4. The van der Waals surface area contributed by atoms with E-state index < -0.39 is 0 Å². The minimum absolute atomic E-state index is 0.290. The van der Waals surface area contributed by atoms with E-state index in [2.05, 4.69) is 20.2 Å². The van der Waals surface area contributed by atoms with E-state index in [9.17, 15) is 4.79 Å².